The number of amides is 3. The van der Waals surface area contributed by atoms with E-state index in [9.17, 15) is 14.0 Å². The van der Waals surface area contributed by atoms with E-state index in [0.29, 0.717) is 31.2 Å². The molecule has 3 rings (SSSR count). The molecule has 0 aliphatic carbocycles. The molecule has 1 aromatic heterocycles. The van der Waals surface area contributed by atoms with Gasteiger partial charge in [0.05, 0.1) is 5.02 Å². The summed E-state index contributed by atoms with van der Waals surface area (Å²) in [5.74, 6) is -0.139. The number of anilines is 1. The predicted molar refractivity (Wildman–Crippen MR) is 95.4 cm³/mol. The van der Waals surface area contributed by atoms with E-state index in [4.69, 9.17) is 11.6 Å². The number of nitrogens with zero attached hydrogens (tertiary/aromatic N) is 3. The van der Waals surface area contributed by atoms with Gasteiger partial charge in [0.15, 0.2) is 0 Å². The molecule has 1 aliphatic heterocycles. The van der Waals surface area contributed by atoms with Crippen LogP contribution in [0, 0.1) is 5.82 Å². The maximum absolute atomic E-state index is 12.9. The van der Waals surface area contributed by atoms with Crippen LogP contribution >= 0.6 is 11.6 Å². The first-order valence-electron chi connectivity index (χ1n) is 8.00. The molecule has 0 atom stereocenters. The van der Waals surface area contributed by atoms with Gasteiger partial charge < -0.3 is 9.80 Å². The minimum absolute atomic E-state index is 0.255. The maximum atomic E-state index is 12.9. The summed E-state index contributed by atoms with van der Waals surface area (Å²) in [6, 6.07) is 8.25. The molecule has 136 valence electrons. The van der Waals surface area contributed by atoms with Gasteiger partial charge >= 0.3 is 6.03 Å². The average Bonchev–Trinajstić information content (AvgIpc) is 2.67. The average molecular weight is 378 g/mol. The molecule has 2 aromatic rings. The number of hydrogen-bond acceptors (Lipinski definition) is 4. The molecule has 1 saturated heterocycles. The van der Waals surface area contributed by atoms with E-state index in [1.165, 1.54) is 24.3 Å². The molecule has 3 amide bonds. The zero-order chi connectivity index (χ0) is 18.5. The monoisotopic (exact) mass is 377 g/mol. The van der Waals surface area contributed by atoms with E-state index in [0.717, 1.165) is 5.82 Å². The molecular weight excluding hydrogens is 361 g/mol. The van der Waals surface area contributed by atoms with Crippen molar-refractivity contribution < 1.29 is 14.0 Å². The van der Waals surface area contributed by atoms with Gasteiger partial charge in [-0.1, -0.05) is 11.6 Å². The summed E-state index contributed by atoms with van der Waals surface area (Å²) >= 11 is 5.83. The van der Waals surface area contributed by atoms with Crippen molar-refractivity contribution in [3.63, 3.8) is 0 Å². The van der Waals surface area contributed by atoms with Gasteiger partial charge in [-0.25, -0.2) is 19.6 Å². The van der Waals surface area contributed by atoms with Crippen LogP contribution in [-0.2, 0) is 0 Å². The molecule has 9 heteroatoms. The van der Waals surface area contributed by atoms with Gasteiger partial charge in [0.2, 0.25) is 0 Å². The number of hydrazine groups is 1. The van der Waals surface area contributed by atoms with Gasteiger partial charge in [-0.15, -0.1) is 0 Å². The molecule has 2 heterocycles. The number of hydrogen-bond donors (Lipinski definition) is 2. The number of benzene rings is 1. The summed E-state index contributed by atoms with van der Waals surface area (Å²) in [7, 11) is 0. The molecule has 2 N–H and O–H groups in total. The highest BCUT2D eigenvalue weighted by molar-refractivity contribution is 6.30. The van der Waals surface area contributed by atoms with Crippen LogP contribution in [0.2, 0.25) is 5.02 Å². The van der Waals surface area contributed by atoms with Crippen LogP contribution in [-0.4, -0.2) is 48.0 Å². The zero-order valence-electron chi connectivity index (χ0n) is 13.8. The number of halogens is 2. The van der Waals surface area contributed by atoms with Crippen molar-refractivity contribution in [3.8, 4) is 0 Å². The first-order chi connectivity index (χ1) is 12.5. The summed E-state index contributed by atoms with van der Waals surface area (Å²) < 4.78 is 12.9. The second-order valence-corrected chi connectivity index (χ2v) is 6.14. The van der Waals surface area contributed by atoms with Crippen LogP contribution in [0.4, 0.5) is 15.0 Å². The molecule has 26 heavy (non-hydrogen) atoms. The number of urea groups is 1. The fraction of sp³-hybridized carbons (Fsp3) is 0.235. The number of rotatable bonds is 2. The summed E-state index contributed by atoms with van der Waals surface area (Å²) in [6.45, 7) is 2.22. The SMILES string of the molecule is O=C(NNC(=O)N1CCN(c2ccc(Cl)cn2)CC1)c1ccc(F)cc1. The number of nitrogens with one attached hydrogen (secondary N) is 2. The van der Waals surface area contributed by atoms with Gasteiger partial charge in [-0.05, 0) is 36.4 Å². The van der Waals surface area contributed by atoms with Crippen LogP contribution in [0.5, 0.6) is 0 Å². The summed E-state index contributed by atoms with van der Waals surface area (Å²) in [5, 5.41) is 0.573. The molecule has 0 unspecified atom stereocenters. The topological polar surface area (TPSA) is 77.6 Å². The van der Waals surface area contributed by atoms with Gasteiger partial charge in [0.25, 0.3) is 5.91 Å². The van der Waals surface area contributed by atoms with E-state index in [-0.39, 0.29) is 5.56 Å². The highest BCUT2D eigenvalue weighted by Crippen LogP contribution is 2.16. The number of piperazine rings is 1. The van der Waals surface area contributed by atoms with E-state index in [1.54, 1.807) is 17.2 Å². The first kappa shape index (κ1) is 17.9. The lowest BCUT2D eigenvalue weighted by molar-refractivity contribution is 0.0929. The minimum atomic E-state index is -0.512. The van der Waals surface area contributed by atoms with Crippen LogP contribution in [0.15, 0.2) is 42.6 Å². The Labute approximate surface area is 154 Å². The van der Waals surface area contributed by atoms with Crippen molar-refractivity contribution in [2.45, 2.75) is 0 Å². The number of aromatic nitrogens is 1. The van der Waals surface area contributed by atoms with Crippen molar-refractivity contribution >= 4 is 29.4 Å². The third kappa shape index (κ3) is 4.40. The highest BCUT2D eigenvalue weighted by Gasteiger charge is 2.22. The molecule has 0 bridgehead atoms. The standard InChI is InChI=1S/C17H17ClFN5O2/c18-13-3-6-15(20-11-13)23-7-9-24(10-8-23)17(26)22-21-16(25)12-1-4-14(19)5-2-12/h1-6,11H,7-10H2,(H,21,25)(H,22,26). The minimum Gasteiger partial charge on any atom is -0.353 e. The second kappa shape index (κ2) is 8.01. The number of pyridine rings is 1. The van der Waals surface area contributed by atoms with Crippen molar-refractivity contribution in [2.75, 3.05) is 31.1 Å². The van der Waals surface area contributed by atoms with Crippen LogP contribution in [0.25, 0.3) is 0 Å². The summed E-state index contributed by atoms with van der Waals surface area (Å²) in [4.78, 5) is 32.0. The Bertz CT molecular complexity index is 777. The van der Waals surface area contributed by atoms with Crippen LogP contribution < -0.4 is 15.8 Å². The van der Waals surface area contributed by atoms with Crippen LogP contribution in [0.3, 0.4) is 0 Å². The summed E-state index contributed by atoms with van der Waals surface area (Å²) in [6.07, 6.45) is 1.58. The van der Waals surface area contributed by atoms with Crippen molar-refractivity contribution in [3.05, 3.63) is 59.0 Å². The van der Waals surface area contributed by atoms with E-state index >= 15 is 0 Å². The van der Waals surface area contributed by atoms with Gasteiger partial charge in [-0.2, -0.15) is 0 Å². The predicted octanol–water partition coefficient (Wildman–Crippen LogP) is 2.05. The van der Waals surface area contributed by atoms with Crippen molar-refractivity contribution in [1.82, 2.24) is 20.7 Å². The number of carbonyl (C=O) groups excluding carboxylic acids is 2. The molecule has 1 fully saturated rings. The van der Waals surface area contributed by atoms with E-state index in [1.807, 2.05) is 6.07 Å². The van der Waals surface area contributed by atoms with Gasteiger partial charge in [0, 0.05) is 37.9 Å². The lowest BCUT2D eigenvalue weighted by Gasteiger charge is -2.35. The molecular formula is C17H17ClFN5O2. The smallest absolute Gasteiger partial charge is 0.336 e. The Hall–Kier alpha value is -2.87. The zero-order valence-corrected chi connectivity index (χ0v) is 14.5. The molecule has 0 saturated carbocycles. The van der Waals surface area contributed by atoms with Crippen LogP contribution in [0.1, 0.15) is 10.4 Å². The molecule has 1 aliphatic rings. The fourth-order valence-corrected chi connectivity index (χ4v) is 2.67. The maximum Gasteiger partial charge on any atom is 0.336 e. The molecule has 0 radical (unpaired) electrons. The summed E-state index contributed by atoms with van der Waals surface area (Å²) in [5.41, 5.74) is 4.95. The Morgan fingerprint density at radius 1 is 1.00 bits per heavy atom. The third-order valence-electron chi connectivity index (χ3n) is 3.99. The fourth-order valence-electron chi connectivity index (χ4n) is 2.56. The Kier molecular flexibility index (Phi) is 5.52. The highest BCUT2D eigenvalue weighted by atomic mass is 35.5. The Morgan fingerprint density at radius 3 is 2.31 bits per heavy atom. The van der Waals surface area contributed by atoms with E-state index in [2.05, 4.69) is 20.7 Å². The quantitative estimate of drug-likeness (QED) is 0.785. The van der Waals surface area contributed by atoms with Gasteiger partial charge in [-0.3, -0.25) is 10.2 Å². The van der Waals surface area contributed by atoms with Crippen molar-refractivity contribution in [2.24, 2.45) is 0 Å². The Balaban J connectivity index is 1.47. The lowest BCUT2D eigenvalue weighted by atomic mass is 10.2. The molecule has 0 spiro atoms. The largest absolute Gasteiger partial charge is 0.353 e. The lowest BCUT2D eigenvalue weighted by Crippen LogP contribution is -2.55. The normalized spacial score (nSPS) is 14.1. The van der Waals surface area contributed by atoms with Gasteiger partial charge in [0.1, 0.15) is 11.6 Å². The number of carbonyl (C=O) groups is 2. The second-order valence-electron chi connectivity index (χ2n) is 5.70. The Morgan fingerprint density at radius 2 is 1.69 bits per heavy atom. The molecule has 1 aromatic carbocycles. The molecule has 7 nitrogen and oxygen atoms in total. The van der Waals surface area contributed by atoms with E-state index < -0.39 is 17.8 Å². The first-order valence-corrected chi connectivity index (χ1v) is 8.38. The van der Waals surface area contributed by atoms with Crippen molar-refractivity contribution in [1.29, 1.82) is 0 Å². The third-order valence-corrected chi connectivity index (χ3v) is 4.22.